The summed E-state index contributed by atoms with van der Waals surface area (Å²) in [6.07, 6.45) is 0. The Labute approximate surface area is 107 Å². The molecule has 0 aliphatic carbocycles. The van der Waals surface area contributed by atoms with Gasteiger partial charge in [-0.2, -0.15) is 0 Å². The minimum atomic E-state index is -0.261. The lowest BCUT2D eigenvalue weighted by Crippen LogP contribution is -2.20. The van der Waals surface area contributed by atoms with Gasteiger partial charge in [0.2, 0.25) is 11.0 Å². The summed E-state index contributed by atoms with van der Waals surface area (Å²) in [5.41, 5.74) is 1.13. The number of aryl methyl sites for hydroxylation is 1. The van der Waals surface area contributed by atoms with Crippen molar-refractivity contribution in [1.82, 2.24) is 25.2 Å². The number of hydrogen-bond acceptors (Lipinski definition) is 7. The van der Waals surface area contributed by atoms with E-state index in [-0.39, 0.29) is 19.1 Å². The number of anilines is 1. The molecule has 0 fully saturated rings. The van der Waals surface area contributed by atoms with E-state index in [4.69, 9.17) is 5.11 Å². The number of nitrogens with one attached hydrogen (secondary N) is 1. The van der Waals surface area contributed by atoms with Crippen molar-refractivity contribution in [3.63, 3.8) is 0 Å². The molecule has 1 amide bonds. The van der Waals surface area contributed by atoms with Crippen molar-refractivity contribution < 1.29 is 9.90 Å². The molecule has 2 N–H and O–H groups in total. The number of aliphatic hydroxyl groups is 1. The van der Waals surface area contributed by atoms with Crippen LogP contribution in [0.5, 0.6) is 0 Å². The van der Waals surface area contributed by atoms with E-state index in [1.54, 1.807) is 6.92 Å². The molecule has 2 heterocycles. The van der Waals surface area contributed by atoms with Gasteiger partial charge in [-0.1, -0.05) is 16.6 Å². The zero-order valence-corrected chi connectivity index (χ0v) is 10.7. The zero-order chi connectivity index (χ0) is 13.1. The quantitative estimate of drug-likeness (QED) is 0.800. The van der Waals surface area contributed by atoms with Crippen molar-refractivity contribution in [2.24, 2.45) is 0 Å². The molecular formula is C9H12N6O2S. The van der Waals surface area contributed by atoms with Crippen molar-refractivity contribution >= 4 is 22.4 Å². The number of carbonyl (C=O) groups excluding carboxylic acids is 1. The van der Waals surface area contributed by atoms with Gasteiger partial charge in [0.1, 0.15) is 17.2 Å². The smallest absolute Gasteiger partial charge is 0.248 e. The Balaban J connectivity index is 2.00. The van der Waals surface area contributed by atoms with Crippen LogP contribution in [0.4, 0.5) is 5.13 Å². The van der Waals surface area contributed by atoms with E-state index in [9.17, 15) is 4.79 Å². The summed E-state index contributed by atoms with van der Waals surface area (Å²) >= 11 is 1.30. The van der Waals surface area contributed by atoms with Crippen molar-refractivity contribution in [1.29, 1.82) is 0 Å². The maximum atomic E-state index is 11.7. The van der Waals surface area contributed by atoms with Crippen LogP contribution < -0.4 is 5.32 Å². The van der Waals surface area contributed by atoms with Crippen molar-refractivity contribution in [2.45, 2.75) is 27.0 Å². The maximum absolute atomic E-state index is 11.7. The van der Waals surface area contributed by atoms with Crippen LogP contribution in [0.2, 0.25) is 0 Å². The fourth-order valence-corrected chi connectivity index (χ4v) is 1.94. The third-order valence-corrected chi connectivity index (χ3v) is 3.05. The number of carbonyl (C=O) groups is 1. The first kappa shape index (κ1) is 12.6. The summed E-state index contributed by atoms with van der Waals surface area (Å²) in [6, 6.07) is 0. The van der Waals surface area contributed by atoms with Crippen LogP contribution in [0.3, 0.4) is 0 Å². The normalized spacial score (nSPS) is 10.6. The molecule has 0 atom stereocenters. The molecule has 0 spiro atoms. The van der Waals surface area contributed by atoms with E-state index in [0.717, 1.165) is 5.01 Å². The highest BCUT2D eigenvalue weighted by Crippen LogP contribution is 2.13. The molecule has 18 heavy (non-hydrogen) atoms. The number of amides is 1. The number of aromatic nitrogens is 5. The van der Waals surface area contributed by atoms with Crippen LogP contribution in [-0.2, 0) is 17.9 Å². The summed E-state index contributed by atoms with van der Waals surface area (Å²) in [5.74, 6) is -0.261. The second kappa shape index (κ2) is 5.19. The van der Waals surface area contributed by atoms with Crippen LogP contribution in [0, 0.1) is 13.8 Å². The van der Waals surface area contributed by atoms with Crippen LogP contribution in [0.1, 0.15) is 16.4 Å². The van der Waals surface area contributed by atoms with Gasteiger partial charge in [0.25, 0.3) is 0 Å². The van der Waals surface area contributed by atoms with Gasteiger partial charge in [-0.25, -0.2) is 4.68 Å². The number of hydrogen-bond donors (Lipinski definition) is 2. The van der Waals surface area contributed by atoms with Gasteiger partial charge >= 0.3 is 0 Å². The fourth-order valence-electron chi connectivity index (χ4n) is 1.33. The predicted octanol–water partition coefficient (Wildman–Crippen LogP) is -0.123. The van der Waals surface area contributed by atoms with Crippen LogP contribution in [0.25, 0.3) is 0 Å². The summed E-state index contributed by atoms with van der Waals surface area (Å²) in [4.78, 5) is 11.7. The summed E-state index contributed by atoms with van der Waals surface area (Å²) in [6.45, 7) is 3.39. The Kier molecular flexibility index (Phi) is 3.63. The molecule has 2 aromatic rings. The molecule has 0 bridgehead atoms. The number of aliphatic hydroxyl groups excluding tert-OH is 1. The topological polar surface area (TPSA) is 106 Å². The van der Waals surface area contributed by atoms with E-state index in [0.29, 0.717) is 16.5 Å². The van der Waals surface area contributed by atoms with Gasteiger partial charge in [0.15, 0.2) is 0 Å². The summed E-state index contributed by atoms with van der Waals surface area (Å²) in [7, 11) is 0. The van der Waals surface area contributed by atoms with Crippen LogP contribution in [-0.4, -0.2) is 36.2 Å². The van der Waals surface area contributed by atoms with Crippen molar-refractivity contribution in [2.75, 3.05) is 5.32 Å². The molecule has 2 aromatic heterocycles. The van der Waals surface area contributed by atoms with Gasteiger partial charge in [0.05, 0.1) is 12.3 Å². The first-order valence-electron chi connectivity index (χ1n) is 5.20. The molecule has 0 radical (unpaired) electrons. The Bertz CT molecular complexity index is 563. The Morgan fingerprint density at radius 1 is 1.39 bits per heavy atom. The highest BCUT2D eigenvalue weighted by molar-refractivity contribution is 7.15. The third kappa shape index (κ3) is 2.68. The van der Waals surface area contributed by atoms with Gasteiger partial charge in [-0.15, -0.1) is 15.3 Å². The van der Waals surface area contributed by atoms with E-state index in [2.05, 4.69) is 25.8 Å². The third-order valence-electron chi connectivity index (χ3n) is 2.29. The predicted molar refractivity (Wildman–Crippen MR) is 64.0 cm³/mol. The first-order valence-corrected chi connectivity index (χ1v) is 6.01. The van der Waals surface area contributed by atoms with Crippen LogP contribution in [0.15, 0.2) is 0 Å². The molecule has 0 aromatic carbocycles. The average Bonchev–Trinajstić information content (AvgIpc) is 2.87. The highest BCUT2D eigenvalue weighted by Gasteiger charge is 2.12. The van der Waals surface area contributed by atoms with Gasteiger partial charge in [0, 0.05) is 0 Å². The maximum Gasteiger partial charge on any atom is 0.248 e. The molecule has 0 saturated heterocycles. The second-order valence-electron chi connectivity index (χ2n) is 3.61. The van der Waals surface area contributed by atoms with Gasteiger partial charge in [-0.3, -0.25) is 10.1 Å². The van der Waals surface area contributed by atoms with Gasteiger partial charge < -0.3 is 5.11 Å². The number of rotatable bonds is 4. The highest BCUT2D eigenvalue weighted by atomic mass is 32.1. The minimum absolute atomic E-state index is 0.0253. The van der Waals surface area contributed by atoms with Crippen molar-refractivity contribution in [3.8, 4) is 0 Å². The minimum Gasteiger partial charge on any atom is -0.390 e. The largest absolute Gasteiger partial charge is 0.390 e. The molecule has 96 valence electrons. The first-order chi connectivity index (χ1) is 8.60. The molecule has 8 nitrogen and oxygen atoms in total. The number of nitrogens with zero attached hydrogens (tertiary/aromatic N) is 5. The van der Waals surface area contributed by atoms with E-state index in [1.807, 2.05) is 6.92 Å². The molecule has 0 aliphatic rings. The monoisotopic (exact) mass is 268 g/mol. The van der Waals surface area contributed by atoms with E-state index in [1.165, 1.54) is 16.0 Å². The van der Waals surface area contributed by atoms with E-state index >= 15 is 0 Å². The molecule has 0 aliphatic heterocycles. The molecule has 2 rings (SSSR count). The Morgan fingerprint density at radius 2 is 2.17 bits per heavy atom. The lowest BCUT2D eigenvalue weighted by Gasteiger charge is -2.02. The summed E-state index contributed by atoms with van der Waals surface area (Å²) in [5, 5.41) is 28.0. The molecule has 0 unspecified atom stereocenters. The molecule has 9 heteroatoms. The average molecular weight is 268 g/mol. The molecular weight excluding hydrogens is 256 g/mol. The van der Waals surface area contributed by atoms with Crippen molar-refractivity contribution in [3.05, 3.63) is 16.4 Å². The van der Waals surface area contributed by atoms with Crippen LogP contribution >= 0.6 is 11.3 Å². The second-order valence-corrected chi connectivity index (χ2v) is 4.79. The fraction of sp³-hybridized carbons (Fsp3) is 0.444. The molecule has 0 saturated carbocycles. The SMILES string of the molecule is Cc1nnc(NC(=O)Cn2nnc(CO)c2C)s1. The lowest BCUT2D eigenvalue weighted by atomic mass is 10.3. The van der Waals surface area contributed by atoms with E-state index < -0.39 is 0 Å². The summed E-state index contributed by atoms with van der Waals surface area (Å²) < 4.78 is 1.43. The zero-order valence-electron chi connectivity index (χ0n) is 9.91. The Morgan fingerprint density at radius 3 is 2.72 bits per heavy atom. The lowest BCUT2D eigenvalue weighted by molar-refractivity contribution is -0.117. The Hall–Kier alpha value is -1.87. The standard InChI is InChI=1S/C9H12N6O2S/c1-5-7(4-16)12-14-15(5)3-8(17)10-9-13-11-6(2)18-9/h16H,3-4H2,1-2H3,(H,10,13,17). The van der Waals surface area contributed by atoms with Gasteiger partial charge in [-0.05, 0) is 13.8 Å².